The molecular weight excluding hydrogens is 829 g/mol. The van der Waals surface area contributed by atoms with Gasteiger partial charge in [0.2, 0.25) is 15.8 Å². The number of aliphatic hydroxyl groups excluding tert-OH is 1. The number of carbonyl (C=O) groups excluding carboxylic acids is 4. The summed E-state index contributed by atoms with van der Waals surface area (Å²) in [6.45, 7) is 10.8. The van der Waals surface area contributed by atoms with E-state index >= 15 is 0 Å². The first-order valence-electron chi connectivity index (χ1n) is 19.7. The molecule has 3 saturated heterocycles. The summed E-state index contributed by atoms with van der Waals surface area (Å²) in [6.07, 6.45) is -6.11. The third-order valence-electron chi connectivity index (χ3n) is 12.2. The monoisotopic (exact) mass is 885 g/mol. The minimum Gasteiger partial charge on any atom is -0.458 e. The number of methoxy groups -OCH3 is 1. The quantitative estimate of drug-likeness (QED) is 0.114. The number of Topliss-reactive ketones (excluding diaryl/α,β-unsaturated/α-hetero) is 2. The van der Waals surface area contributed by atoms with Gasteiger partial charge in [-0.15, -0.1) is 0 Å². The third kappa shape index (κ3) is 9.22. The average molecular weight is 886 g/mol. The predicted octanol–water partition coefficient (Wildman–Crippen LogP) is 3.86. The van der Waals surface area contributed by atoms with Crippen LogP contribution in [0.1, 0.15) is 74.7 Å². The van der Waals surface area contributed by atoms with Crippen LogP contribution in [-0.4, -0.2) is 135 Å². The second-order valence-corrected chi connectivity index (χ2v) is 18.4. The molecule has 0 radical (unpaired) electrons. The molecule has 1 aromatic carbocycles. The fourth-order valence-electron chi connectivity index (χ4n) is 8.90. The van der Waals surface area contributed by atoms with E-state index in [1.165, 1.54) is 34.8 Å². The molecule has 3 aliphatic heterocycles. The molecule has 1 aromatic rings. The average Bonchev–Trinajstić information content (AvgIpc) is 3.44. The van der Waals surface area contributed by atoms with Crippen molar-refractivity contribution in [2.45, 2.75) is 134 Å². The second kappa shape index (κ2) is 18.6. The molecule has 3 fully saturated rings. The van der Waals surface area contributed by atoms with Crippen LogP contribution in [0.2, 0.25) is 0 Å². The highest BCUT2D eigenvalue weighted by atomic mass is 32.2. The standard InChI is InChI=1S/C39H56F5N3O12S/c1-12-23-39(8)33(47(37(52)59-39)14-13-45-60(53,54)32-27(43)25(41)24(40)26(42)28(32)44)19(4)29(48)17(2)16-38(7,55-11)34(20(5)30(49)21(6)35(51)57-23)58-36-31(50)22(46(9)10)15-18(3)56-36/h17-23,31,33-34,36,45,50H,12-16H2,1-11H3/t17-,18-,19-,20-,21-,22+,23+,31-,33+,34-,36+,38-,39-/m1/s1. The Morgan fingerprint density at radius 3 is 2.02 bits per heavy atom. The number of hydrogen-bond acceptors (Lipinski definition) is 13. The number of nitrogens with zero attached hydrogens (tertiary/aromatic N) is 2. The SMILES string of the molecule is CC[C@@H]1OC(=O)[C@H](C)C(=O)[C@@H](C)[C@@H](O[C@@H]2O[C@H](C)C[C@H](N(C)C)[C@H]2O)[C@](C)(OC)C[C@@H](C)C(=O)[C@@H](C)[C@@H]2N(CCNS(=O)(=O)c3c(F)c(F)c(F)c(F)c3F)C(=O)O[C@]12C. The number of amides is 1. The first-order chi connectivity index (χ1) is 27.7. The number of likely N-dealkylation sites (N-methyl/N-ethyl adjacent to an activating group) is 1. The zero-order valence-electron chi connectivity index (χ0n) is 35.5. The zero-order valence-corrected chi connectivity index (χ0v) is 36.3. The van der Waals surface area contributed by atoms with Gasteiger partial charge in [0.05, 0.1) is 23.9 Å². The molecular formula is C39H56F5N3O12S. The lowest BCUT2D eigenvalue weighted by atomic mass is 9.73. The van der Waals surface area contributed by atoms with Crippen molar-refractivity contribution < 1.29 is 78.3 Å². The number of hydrogen-bond donors (Lipinski definition) is 2. The number of halogens is 5. The summed E-state index contributed by atoms with van der Waals surface area (Å²) in [5.41, 5.74) is -3.31. The maximum Gasteiger partial charge on any atom is 0.410 e. The van der Waals surface area contributed by atoms with Gasteiger partial charge in [0.15, 0.2) is 45.8 Å². The number of esters is 1. The fraction of sp³-hybridized carbons (Fsp3) is 0.744. The first kappa shape index (κ1) is 49.3. The summed E-state index contributed by atoms with van der Waals surface area (Å²) in [4.78, 5) is 57.0. The molecule has 21 heteroatoms. The van der Waals surface area contributed by atoms with Crippen LogP contribution in [0.3, 0.4) is 0 Å². The molecule has 2 N–H and O–H groups in total. The van der Waals surface area contributed by atoms with Gasteiger partial charge in [-0.25, -0.2) is 39.9 Å². The Morgan fingerprint density at radius 1 is 0.917 bits per heavy atom. The Kier molecular flexibility index (Phi) is 15.3. The Labute approximate surface area is 346 Å². The van der Waals surface area contributed by atoms with Crippen LogP contribution in [0, 0.1) is 52.8 Å². The van der Waals surface area contributed by atoms with Crippen LogP contribution in [0.15, 0.2) is 4.90 Å². The molecule has 0 saturated carbocycles. The first-order valence-corrected chi connectivity index (χ1v) is 21.2. The maximum atomic E-state index is 14.6. The van der Waals surface area contributed by atoms with Crippen LogP contribution in [-0.2, 0) is 48.1 Å². The van der Waals surface area contributed by atoms with Gasteiger partial charge < -0.3 is 33.7 Å². The van der Waals surface area contributed by atoms with E-state index in [0.29, 0.717) is 6.42 Å². The highest BCUT2D eigenvalue weighted by molar-refractivity contribution is 7.89. The van der Waals surface area contributed by atoms with E-state index in [9.17, 15) is 54.7 Å². The van der Waals surface area contributed by atoms with Gasteiger partial charge in [0.1, 0.15) is 23.9 Å². The molecule has 4 rings (SSSR count). The van der Waals surface area contributed by atoms with Gasteiger partial charge in [-0.1, -0.05) is 27.7 Å². The van der Waals surface area contributed by atoms with Crippen LogP contribution in [0.4, 0.5) is 26.7 Å². The van der Waals surface area contributed by atoms with E-state index in [2.05, 4.69) is 0 Å². The lowest BCUT2D eigenvalue weighted by Crippen LogP contribution is -2.60. The number of rotatable bonds is 10. The van der Waals surface area contributed by atoms with Crippen LogP contribution in [0.25, 0.3) is 0 Å². The molecule has 60 heavy (non-hydrogen) atoms. The van der Waals surface area contributed by atoms with Gasteiger partial charge in [0, 0.05) is 44.0 Å². The summed E-state index contributed by atoms with van der Waals surface area (Å²) >= 11 is 0. The Hall–Kier alpha value is -3.34. The Morgan fingerprint density at radius 2 is 1.48 bits per heavy atom. The number of cyclic esters (lactones) is 1. The van der Waals surface area contributed by atoms with Crippen molar-refractivity contribution in [1.82, 2.24) is 14.5 Å². The van der Waals surface area contributed by atoms with Crippen molar-refractivity contribution in [1.29, 1.82) is 0 Å². The largest absolute Gasteiger partial charge is 0.458 e. The number of ketones is 2. The number of carbonyl (C=O) groups is 4. The van der Waals surface area contributed by atoms with E-state index in [-0.39, 0.29) is 18.9 Å². The highest BCUT2D eigenvalue weighted by Gasteiger charge is 2.60. The molecule has 15 nitrogen and oxygen atoms in total. The summed E-state index contributed by atoms with van der Waals surface area (Å²) in [6, 6.07) is -1.72. The maximum absolute atomic E-state index is 14.6. The number of fused-ring (bicyclic) bond motifs is 1. The summed E-state index contributed by atoms with van der Waals surface area (Å²) in [5, 5.41) is 11.4. The minimum absolute atomic E-state index is 0.0186. The summed E-state index contributed by atoms with van der Waals surface area (Å²) in [7, 11) is -0.520. The zero-order chi connectivity index (χ0) is 45.6. The van der Waals surface area contributed by atoms with Crippen molar-refractivity contribution >= 4 is 33.7 Å². The number of nitrogens with one attached hydrogen (secondary N) is 1. The normalized spacial score (nSPS) is 36.2. The molecule has 1 amide bonds. The van der Waals surface area contributed by atoms with Crippen molar-refractivity contribution in [3.8, 4) is 0 Å². The molecule has 13 atom stereocenters. The topological polar surface area (TPSA) is 187 Å². The van der Waals surface area contributed by atoms with E-state index in [1.54, 1.807) is 46.5 Å². The van der Waals surface area contributed by atoms with E-state index in [1.807, 2.05) is 4.90 Å². The van der Waals surface area contributed by atoms with Crippen molar-refractivity contribution in [3.63, 3.8) is 0 Å². The van der Waals surface area contributed by atoms with Crippen molar-refractivity contribution in [2.24, 2.45) is 23.7 Å². The molecule has 3 aliphatic rings. The van der Waals surface area contributed by atoms with Gasteiger partial charge in [-0.05, 0) is 61.1 Å². The molecule has 340 valence electrons. The number of aliphatic hydroxyl groups is 1. The smallest absolute Gasteiger partial charge is 0.410 e. The second-order valence-electron chi connectivity index (χ2n) is 16.7. The third-order valence-corrected chi connectivity index (χ3v) is 13.7. The lowest BCUT2D eigenvalue weighted by Gasteiger charge is -2.47. The minimum atomic E-state index is -5.44. The molecule has 0 aliphatic carbocycles. The lowest BCUT2D eigenvalue weighted by molar-refractivity contribution is -0.295. The van der Waals surface area contributed by atoms with Gasteiger partial charge >= 0.3 is 12.1 Å². The predicted molar refractivity (Wildman–Crippen MR) is 201 cm³/mol. The molecule has 3 heterocycles. The van der Waals surface area contributed by atoms with E-state index in [4.69, 9.17) is 23.7 Å². The van der Waals surface area contributed by atoms with E-state index < -0.39 is 152 Å². The van der Waals surface area contributed by atoms with E-state index in [0.717, 1.165) is 4.90 Å². The van der Waals surface area contributed by atoms with Gasteiger partial charge in [-0.3, -0.25) is 19.3 Å². The van der Waals surface area contributed by atoms with Gasteiger partial charge in [0.25, 0.3) is 0 Å². The fourth-order valence-corrected chi connectivity index (χ4v) is 10.1. The molecule has 0 bridgehead atoms. The number of ether oxygens (including phenoxy) is 5. The summed E-state index contributed by atoms with van der Waals surface area (Å²) in [5.74, 6) is -19.5. The number of benzene rings is 1. The summed E-state index contributed by atoms with van der Waals surface area (Å²) < 4.78 is 128. The van der Waals surface area contributed by atoms with Crippen LogP contribution < -0.4 is 4.72 Å². The Balaban J connectivity index is 1.75. The van der Waals surface area contributed by atoms with Crippen molar-refractivity contribution in [2.75, 3.05) is 34.3 Å². The molecule has 0 aromatic heterocycles. The molecule has 0 unspecified atom stereocenters. The Bertz CT molecular complexity index is 1900. The van der Waals surface area contributed by atoms with Crippen molar-refractivity contribution in [3.05, 3.63) is 29.1 Å². The van der Waals surface area contributed by atoms with Crippen LogP contribution >= 0.6 is 0 Å². The molecule has 0 spiro atoms. The van der Waals surface area contributed by atoms with Gasteiger partial charge in [-0.2, -0.15) is 0 Å². The number of sulfonamides is 1. The highest BCUT2D eigenvalue weighted by Crippen LogP contribution is 2.43. The van der Waals surface area contributed by atoms with Crippen LogP contribution in [0.5, 0.6) is 0 Å².